The first-order valence-electron chi connectivity index (χ1n) is 8.31. The number of ether oxygens (including phenoxy) is 2. The van der Waals surface area contributed by atoms with Crippen LogP contribution in [0.1, 0.15) is 12.6 Å². The molecule has 0 saturated heterocycles. The van der Waals surface area contributed by atoms with Crippen molar-refractivity contribution in [2.75, 3.05) is 19.0 Å². The van der Waals surface area contributed by atoms with E-state index in [9.17, 15) is 4.79 Å². The predicted molar refractivity (Wildman–Crippen MR) is 98.4 cm³/mol. The van der Waals surface area contributed by atoms with Crippen LogP contribution in [-0.4, -0.2) is 24.8 Å². The van der Waals surface area contributed by atoms with Gasteiger partial charge in [0, 0.05) is 11.6 Å². The van der Waals surface area contributed by atoms with Gasteiger partial charge in [0.25, 0.3) is 0 Å². The lowest BCUT2D eigenvalue weighted by Gasteiger charge is -2.10. The van der Waals surface area contributed by atoms with Crippen LogP contribution in [0, 0.1) is 0 Å². The number of methoxy groups -OCH3 is 1. The highest BCUT2D eigenvalue weighted by Crippen LogP contribution is 2.26. The van der Waals surface area contributed by atoms with Gasteiger partial charge in [0.2, 0.25) is 5.91 Å². The van der Waals surface area contributed by atoms with Gasteiger partial charge in [-0.1, -0.05) is 29.4 Å². The van der Waals surface area contributed by atoms with E-state index >= 15 is 0 Å². The Morgan fingerprint density at radius 3 is 2.81 bits per heavy atom. The fourth-order valence-corrected chi connectivity index (χ4v) is 2.52. The molecule has 0 spiro atoms. The number of benzene rings is 2. The van der Waals surface area contributed by atoms with Gasteiger partial charge in [0.05, 0.1) is 31.5 Å². The molecule has 2 aromatic carbocycles. The molecule has 134 valence electrons. The monoisotopic (exact) mass is 352 g/mol. The molecule has 0 fully saturated rings. The van der Waals surface area contributed by atoms with E-state index in [0.717, 1.165) is 11.3 Å². The van der Waals surface area contributed by atoms with Crippen LogP contribution in [0.2, 0.25) is 0 Å². The van der Waals surface area contributed by atoms with Gasteiger partial charge in [-0.2, -0.15) is 0 Å². The number of hydrogen-bond acceptors (Lipinski definition) is 5. The topological polar surface area (TPSA) is 73.6 Å². The molecule has 0 bridgehead atoms. The van der Waals surface area contributed by atoms with Crippen LogP contribution < -0.4 is 14.8 Å². The van der Waals surface area contributed by atoms with E-state index in [1.54, 1.807) is 19.2 Å². The van der Waals surface area contributed by atoms with Crippen molar-refractivity contribution < 1.29 is 18.8 Å². The number of carbonyl (C=O) groups excluding carboxylic acids is 1. The average molecular weight is 352 g/mol. The van der Waals surface area contributed by atoms with Gasteiger partial charge in [-0.05, 0) is 31.2 Å². The van der Waals surface area contributed by atoms with Crippen molar-refractivity contribution in [1.29, 1.82) is 0 Å². The van der Waals surface area contributed by atoms with Gasteiger partial charge in [0.15, 0.2) is 5.76 Å². The van der Waals surface area contributed by atoms with Gasteiger partial charge in [-0.3, -0.25) is 4.79 Å². The predicted octanol–water partition coefficient (Wildman–Crippen LogP) is 3.93. The number of hydrogen-bond donors (Lipinski definition) is 1. The molecule has 0 saturated carbocycles. The number of rotatable bonds is 7. The molecule has 1 heterocycles. The Morgan fingerprint density at radius 2 is 2.00 bits per heavy atom. The Morgan fingerprint density at radius 1 is 1.15 bits per heavy atom. The molecule has 3 aromatic rings. The van der Waals surface area contributed by atoms with Crippen LogP contribution in [0.3, 0.4) is 0 Å². The lowest BCUT2D eigenvalue weighted by atomic mass is 10.1. The lowest BCUT2D eigenvalue weighted by molar-refractivity contribution is -0.115. The first-order valence-corrected chi connectivity index (χ1v) is 8.31. The minimum Gasteiger partial charge on any atom is -0.497 e. The number of nitrogens with one attached hydrogen (secondary N) is 1. The van der Waals surface area contributed by atoms with Crippen LogP contribution in [0.5, 0.6) is 11.5 Å². The van der Waals surface area contributed by atoms with Crippen LogP contribution in [0.15, 0.2) is 59.1 Å². The fraction of sp³-hybridized carbons (Fsp3) is 0.200. The second kappa shape index (κ2) is 8.20. The van der Waals surface area contributed by atoms with Crippen molar-refractivity contribution in [3.8, 4) is 22.8 Å². The van der Waals surface area contributed by atoms with E-state index in [1.807, 2.05) is 49.4 Å². The third-order valence-electron chi connectivity index (χ3n) is 3.72. The average Bonchev–Trinajstić information content (AvgIpc) is 3.12. The number of anilines is 1. The van der Waals surface area contributed by atoms with Crippen molar-refractivity contribution in [3.05, 3.63) is 60.3 Å². The van der Waals surface area contributed by atoms with Gasteiger partial charge in [0.1, 0.15) is 11.5 Å². The van der Waals surface area contributed by atoms with E-state index in [-0.39, 0.29) is 12.3 Å². The zero-order valence-corrected chi connectivity index (χ0v) is 14.7. The smallest absolute Gasteiger partial charge is 0.230 e. The summed E-state index contributed by atoms with van der Waals surface area (Å²) in [6.45, 7) is 2.42. The molecule has 1 N–H and O–H groups in total. The summed E-state index contributed by atoms with van der Waals surface area (Å²) in [7, 11) is 1.61. The highest BCUT2D eigenvalue weighted by molar-refractivity contribution is 5.93. The molecule has 0 aliphatic heterocycles. The summed E-state index contributed by atoms with van der Waals surface area (Å²) in [4.78, 5) is 12.3. The molecule has 1 amide bonds. The third-order valence-corrected chi connectivity index (χ3v) is 3.72. The summed E-state index contributed by atoms with van der Waals surface area (Å²) in [5.41, 5.74) is 2.02. The van der Waals surface area contributed by atoms with Crippen LogP contribution in [-0.2, 0) is 11.2 Å². The molecule has 0 atom stereocenters. The maximum absolute atomic E-state index is 12.3. The normalized spacial score (nSPS) is 10.4. The van der Waals surface area contributed by atoms with E-state index in [1.165, 1.54) is 0 Å². The number of para-hydroxylation sites is 2. The second-order valence-electron chi connectivity index (χ2n) is 5.57. The summed E-state index contributed by atoms with van der Waals surface area (Å²) in [5, 5.41) is 6.83. The van der Waals surface area contributed by atoms with Crippen molar-refractivity contribution in [3.63, 3.8) is 0 Å². The van der Waals surface area contributed by atoms with Gasteiger partial charge in [-0.25, -0.2) is 0 Å². The highest BCUT2D eigenvalue weighted by Gasteiger charge is 2.13. The molecule has 0 aliphatic rings. The first kappa shape index (κ1) is 17.5. The van der Waals surface area contributed by atoms with E-state index in [0.29, 0.717) is 29.5 Å². The largest absolute Gasteiger partial charge is 0.497 e. The Kier molecular flexibility index (Phi) is 5.53. The summed E-state index contributed by atoms with van der Waals surface area (Å²) < 4.78 is 16.1. The lowest BCUT2D eigenvalue weighted by Crippen LogP contribution is -2.15. The van der Waals surface area contributed by atoms with Gasteiger partial charge >= 0.3 is 0 Å². The van der Waals surface area contributed by atoms with Crippen molar-refractivity contribution in [1.82, 2.24) is 5.16 Å². The van der Waals surface area contributed by atoms with E-state index in [4.69, 9.17) is 14.0 Å². The number of amides is 1. The molecule has 26 heavy (non-hydrogen) atoms. The SMILES string of the molecule is CCOc1ccccc1NC(=O)Cc1cc(-c2cccc(OC)c2)on1. The Labute approximate surface area is 151 Å². The standard InChI is InChI=1S/C20H20N2O4/c1-3-25-18-10-5-4-9-17(18)21-20(23)13-15-12-19(26-22-15)14-7-6-8-16(11-14)24-2/h4-12H,3,13H2,1-2H3,(H,21,23). The van der Waals surface area contributed by atoms with Gasteiger partial charge in [-0.15, -0.1) is 0 Å². The molecule has 1 aromatic heterocycles. The maximum atomic E-state index is 12.3. The molecular weight excluding hydrogens is 332 g/mol. The number of aromatic nitrogens is 1. The molecule has 6 heteroatoms. The molecule has 3 rings (SSSR count). The molecule has 0 aliphatic carbocycles. The number of nitrogens with zero attached hydrogens (tertiary/aromatic N) is 1. The quantitative estimate of drug-likeness (QED) is 0.697. The van der Waals surface area contributed by atoms with Crippen molar-refractivity contribution in [2.24, 2.45) is 0 Å². The zero-order valence-electron chi connectivity index (χ0n) is 14.7. The summed E-state index contributed by atoms with van der Waals surface area (Å²) in [6, 6.07) is 16.5. The first-order chi connectivity index (χ1) is 12.7. The second-order valence-corrected chi connectivity index (χ2v) is 5.57. The Balaban J connectivity index is 1.68. The number of carbonyl (C=O) groups is 1. The van der Waals surface area contributed by atoms with Gasteiger partial charge < -0.3 is 19.3 Å². The van der Waals surface area contributed by atoms with E-state index < -0.39 is 0 Å². The zero-order chi connectivity index (χ0) is 18.4. The Hall–Kier alpha value is -3.28. The molecule has 0 radical (unpaired) electrons. The summed E-state index contributed by atoms with van der Waals surface area (Å²) in [6.07, 6.45) is 0.105. The van der Waals surface area contributed by atoms with Crippen LogP contribution in [0.4, 0.5) is 5.69 Å². The summed E-state index contributed by atoms with van der Waals surface area (Å²) >= 11 is 0. The third kappa shape index (κ3) is 4.22. The summed E-state index contributed by atoms with van der Waals surface area (Å²) in [5.74, 6) is 1.76. The van der Waals surface area contributed by atoms with Crippen LogP contribution in [0.25, 0.3) is 11.3 Å². The fourth-order valence-electron chi connectivity index (χ4n) is 2.52. The maximum Gasteiger partial charge on any atom is 0.230 e. The van der Waals surface area contributed by atoms with E-state index in [2.05, 4.69) is 10.5 Å². The van der Waals surface area contributed by atoms with Crippen molar-refractivity contribution in [2.45, 2.75) is 13.3 Å². The molecule has 0 unspecified atom stereocenters. The van der Waals surface area contributed by atoms with Crippen LogP contribution >= 0.6 is 0 Å². The minimum atomic E-state index is -0.192. The Bertz CT molecular complexity index is 889. The molecular formula is C20H20N2O4. The molecule has 6 nitrogen and oxygen atoms in total. The highest BCUT2D eigenvalue weighted by atomic mass is 16.5. The minimum absolute atomic E-state index is 0.105. The van der Waals surface area contributed by atoms with Crippen molar-refractivity contribution >= 4 is 11.6 Å².